The number of fused-ring (bicyclic) bond motifs is 6. The highest BCUT2D eigenvalue weighted by atomic mass is 16.3. The second-order valence-corrected chi connectivity index (χ2v) is 15.6. The van der Waals surface area contributed by atoms with Gasteiger partial charge in [0.1, 0.15) is 11.2 Å². The van der Waals surface area contributed by atoms with Crippen molar-refractivity contribution in [3.05, 3.63) is 218 Å². The molecule has 0 aliphatic heterocycles. The predicted octanol–water partition coefficient (Wildman–Crippen LogP) is 14.9. The molecule has 0 N–H and O–H groups in total. The fourth-order valence-electron chi connectivity index (χ4n) is 8.93. The Kier molecular flexibility index (Phi) is 8.42. The molecule has 62 heavy (non-hydrogen) atoms. The maximum atomic E-state index is 6.99. The third-order valence-corrected chi connectivity index (χ3v) is 11.8. The Morgan fingerprint density at radius 1 is 0.306 bits per heavy atom. The maximum absolute atomic E-state index is 6.99. The zero-order valence-corrected chi connectivity index (χ0v) is 33.5. The lowest BCUT2D eigenvalue weighted by Gasteiger charge is -2.14. The van der Waals surface area contributed by atoms with Crippen molar-refractivity contribution in [2.24, 2.45) is 0 Å². The van der Waals surface area contributed by atoms with Crippen LogP contribution in [0.3, 0.4) is 0 Å². The van der Waals surface area contributed by atoms with E-state index in [9.17, 15) is 0 Å². The molecule has 3 aromatic heterocycles. The van der Waals surface area contributed by atoms with Crippen LogP contribution < -0.4 is 0 Å². The molecule has 0 amide bonds. The highest BCUT2D eigenvalue weighted by Gasteiger charge is 2.24. The van der Waals surface area contributed by atoms with Crippen molar-refractivity contribution < 1.29 is 4.42 Å². The number of nitrogens with zero attached hydrogens (tertiary/aromatic N) is 4. The van der Waals surface area contributed by atoms with E-state index in [0.717, 1.165) is 83.2 Å². The first kappa shape index (κ1) is 35.5. The summed E-state index contributed by atoms with van der Waals surface area (Å²) in [6.45, 7) is 0. The van der Waals surface area contributed by atoms with E-state index in [-0.39, 0.29) is 0 Å². The summed E-state index contributed by atoms with van der Waals surface area (Å²) in [4.78, 5) is 15.4. The van der Waals surface area contributed by atoms with E-state index in [2.05, 4.69) is 156 Å². The van der Waals surface area contributed by atoms with Crippen LogP contribution in [0.15, 0.2) is 223 Å². The summed E-state index contributed by atoms with van der Waals surface area (Å²) in [5.41, 5.74) is 14.2. The van der Waals surface area contributed by atoms with Crippen LogP contribution in [0.2, 0.25) is 0 Å². The van der Waals surface area contributed by atoms with Crippen LogP contribution in [0.5, 0.6) is 0 Å². The first-order chi connectivity index (χ1) is 30.7. The number of hydrogen-bond acceptors (Lipinski definition) is 4. The molecular weight excluding hydrogens is 757 g/mol. The predicted molar refractivity (Wildman–Crippen MR) is 254 cm³/mol. The van der Waals surface area contributed by atoms with Gasteiger partial charge in [-0.1, -0.05) is 182 Å². The Morgan fingerprint density at radius 2 is 0.823 bits per heavy atom. The average Bonchev–Trinajstić information content (AvgIpc) is 3.90. The van der Waals surface area contributed by atoms with E-state index >= 15 is 0 Å². The van der Waals surface area contributed by atoms with E-state index in [0.29, 0.717) is 17.5 Å². The minimum atomic E-state index is 0.574. The van der Waals surface area contributed by atoms with Crippen molar-refractivity contribution in [1.29, 1.82) is 0 Å². The average molecular weight is 793 g/mol. The van der Waals surface area contributed by atoms with Gasteiger partial charge in [0.2, 0.25) is 0 Å². The molecular formula is C57H36N4O. The maximum Gasteiger partial charge on any atom is 0.164 e. The second-order valence-electron chi connectivity index (χ2n) is 15.6. The molecule has 0 radical (unpaired) electrons. The minimum absolute atomic E-state index is 0.574. The lowest BCUT2D eigenvalue weighted by molar-refractivity contribution is 0.669. The molecule has 0 aliphatic carbocycles. The highest BCUT2D eigenvalue weighted by Crippen LogP contribution is 2.45. The van der Waals surface area contributed by atoms with Crippen LogP contribution in [0.1, 0.15) is 0 Å². The SMILES string of the molecule is c1ccc(-c2cccc(-c3cc(-n4c5ccccc5c5ccc(-c6ccccc6)cc54)c4c(c3)oc3cccc(-c5nc(-c6ccccc6)nc(-c6ccccc6)n5)c34)c2)cc1. The number of hydrogen-bond donors (Lipinski definition) is 0. The summed E-state index contributed by atoms with van der Waals surface area (Å²) in [5, 5.41) is 4.28. The van der Waals surface area contributed by atoms with Crippen molar-refractivity contribution >= 4 is 43.7 Å². The number of aromatic nitrogens is 4. The molecule has 0 aliphatic rings. The Labute approximate surface area is 357 Å². The van der Waals surface area contributed by atoms with Gasteiger partial charge < -0.3 is 8.98 Å². The van der Waals surface area contributed by atoms with Gasteiger partial charge in [-0.25, -0.2) is 15.0 Å². The summed E-state index contributed by atoms with van der Waals surface area (Å²) >= 11 is 0. The Balaban J connectivity index is 1.18. The number of furan rings is 1. The van der Waals surface area contributed by atoms with Gasteiger partial charge in [-0.2, -0.15) is 0 Å². The zero-order valence-electron chi connectivity index (χ0n) is 33.5. The molecule has 0 fully saturated rings. The molecule has 0 unspecified atom stereocenters. The van der Waals surface area contributed by atoms with Crippen molar-refractivity contribution in [3.8, 4) is 73.2 Å². The van der Waals surface area contributed by atoms with Gasteiger partial charge in [0.05, 0.1) is 22.1 Å². The largest absolute Gasteiger partial charge is 0.456 e. The molecule has 5 heteroatoms. The molecule has 9 aromatic carbocycles. The van der Waals surface area contributed by atoms with Gasteiger partial charge in [0, 0.05) is 32.8 Å². The fraction of sp³-hybridized carbons (Fsp3) is 0. The van der Waals surface area contributed by atoms with Gasteiger partial charge in [-0.3, -0.25) is 0 Å². The van der Waals surface area contributed by atoms with Crippen molar-refractivity contribution in [2.75, 3.05) is 0 Å². The first-order valence-electron chi connectivity index (χ1n) is 20.8. The quantitative estimate of drug-likeness (QED) is 0.161. The highest BCUT2D eigenvalue weighted by molar-refractivity contribution is 6.18. The van der Waals surface area contributed by atoms with E-state index in [1.54, 1.807) is 0 Å². The molecule has 5 nitrogen and oxygen atoms in total. The summed E-state index contributed by atoms with van der Waals surface area (Å²) in [5.74, 6) is 1.79. The van der Waals surface area contributed by atoms with Gasteiger partial charge in [0.25, 0.3) is 0 Å². The van der Waals surface area contributed by atoms with E-state index < -0.39 is 0 Å². The molecule has 3 heterocycles. The Bertz CT molecular complexity index is 3560. The third-order valence-electron chi connectivity index (χ3n) is 11.8. The number of rotatable bonds is 7. The minimum Gasteiger partial charge on any atom is -0.456 e. The zero-order chi connectivity index (χ0) is 41.0. The summed E-state index contributed by atoms with van der Waals surface area (Å²) < 4.78 is 9.42. The van der Waals surface area contributed by atoms with Crippen LogP contribution in [-0.4, -0.2) is 19.5 Å². The van der Waals surface area contributed by atoms with Crippen LogP contribution in [0, 0.1) is 0 Å². The van der Waals surface area contributed by atoms with Crippen LogP contribution in [0.25, 0.3) is 117 Å². The van der Waals surface area contributed by atoms with E-state index in [1.165, 1.54) is 16.3 Å². The Hall–Kier alpha value is -8.41. The Morgan fingerprint density at radius 3 is 1.48 bits per heavy atom. The lowest BCUT2D eigenvalue weighted by Crippen LogP contribution is -2.01. The van der Waals surface area contributed by atoms with Gasteiger partial charge in [-0.15, -0.1) is 0 Å². The lowest BCUT2D eigenvalue weighted by atomic mass is 9.96. The van der Waals surface area contributed by atoms with Gasteiger partial charge in [0.15, 0.2) is 17.5 Å². The molecule has 0 saturated heterocycles. The summed E-state index contributed by atoms with van der Waals surface area (Å²) in [6, 6.07) is 76.4. The summed E-state index contributed by atoms with van der Waals surface area (Å²) in [6.07, 6.45) is 0. The fourth-order valence-corrected chi connectivity index (χ4v) is 8.93. The number of para-hydroxylation sites is 1. The molecule has 12 rings (SSSR count). The van der Waals surface area contributed by atoms with Crippen molar-refractivity contribution in [3.63, 3.8) is 0 Å². The topological polar surface area (TPSA) is 56.7 Å². The standard InChI is InChI=1S/C57H36N4O/c1-5-17-37(18-6-1)41-25-15-26-42(33-41)44-35-50(61-48-29-14-13-27-45(48)46-32-31-43(34-49(46)61)38-19-7-2-8-20-38)54-52(36-44)62-51-30-16-28-47(53(51)54)57-59-55(39-21-9-3-10-22-39)58-56(60-57)40-23-11-4-12-24-40/h1-36H. The van der Waals surface area contributed by atoms with Gasteiger partial charge >= 0.3 is 0 Å². The second kappa shape index (κ2) is 14.7. The summed E-state index contributed by atoms with van der Waals surface area (Å²) in [7, 11) is 0. The molecule has 12 aromatic rings. The van der Waals surface area contributed by atoms with E-state index in [1.807, 2.05) is 66.7 Å². The number of benzene rings is 9. The molecule has 0 bridgehead atoms. The normalized spacial score (nSPS) is 11.5. The van der Waals surface area contributed by atoms with Crippen LogP contribution in [0.4, 0.5) is 0 Å². The van der Waals surface area contributed by atoms with Gasteiger partial charge in [-0.05, 0) is 69.8 Å². The molecule has 0 atom stereocenters. The van der Waals surface area contributed by atoms with Crippen molar-refractivity contribution in [2.45, 2.75) is 0 Å². The van der Waals surface area contributed by atoms with Crippen molar-refractivity contribution in [1.82, 2.24) is 19.5 Å². The third kappa shape index (κ3) is 6.06. The molecule has 290 valence electrons. The van der Waals surface area contributed by atoms with E-state index in [4.69, 9.17) is 19.4 Å². The first-order valence-corrected chi connectivity index (χ1v) is 20.8. The molecule has 0 spiro atoms. The van der Waals surface area contributed by atoms with Crippen LogP contribution >= 0.6 is 0 Å². The molecule has 0 saturated carbocycles. The monoisotopic (exact) mass is 792 g/mol. The van der Waals surface area contributed by atoms with Crippen LogP contribution in [-0.2, 0) is 0 Å². The smallest absolute Gasteiger partial charge is 0.164 e.